The number of alkyl halides is 6. The first-order valence-corrected chi connectivity index (χ1v) is 13.9. The molecule has 3 aromatic rings. The lowest BCUT2D eigenvalue weighted by molar-refractivity contribution is -0.143. The molecule has 1 aliphatic rings. The predicted octanol–water partition coefficient (Wildman–Crippen LogP) is 7.88. The van der Waals surface area contributed by atoms with E-state index in [-0.39, 0.29) is 28.7 Å². The van der Waals surface area contributed by atoms with Gasteiger partial charge in [-0.1, -0.05) is 24.0 Å². The molecule has 1 aliphatic heterocycles. The number of carboxylic acids is 1. The van der Waals surface area contributed by atoms with Crippen LogP contribution in [0.4, 0.5) is 32.0 Å². The molecule has 0 atom stereocenters. The zero-order valence-corrected chi connectivity index (χ0v) is 23.5. The molecule has 5 nitrogen and oxygen atoms in total. The number of nitrogens with zero attached hydrogens (tertiary/aromatic N) is 2. The summed E-state index contributed by atoms with van der Waals surface area (Å²) < 4.78 is 79.8. The summed E-state index contributed by atoms with van der Waals surface area (Å²) in [5.74, 6) is -1.37. The van der Waals surface area contributed by atoms with Gasteiger partial charge in [-0.2, -0.15) is 26.3 Å². The van der Waals surface area contributed by atoms with Crippen LogP contribution in [-0.2, 0) is 17.1 Å². The summed E-state index contributed by atoms with van der Waals surface area (Å²) in [4.78, 5) is 28.1. The summed E-state index contributed by atoms with van der Waals surface area (Å²) in [7, 11) is 1.83. The van der Waals surface area contributed by atoms with Crippen LogP contribution in [0.15, 0.2) is 58.8 Å². The van der Waals surface area contributed by atoms with Gasteiger partial charge in [0.05, 0.1) is 21.6 Å². The van der Waals surface area contributed by atoms with E-state index in [1.807, 2.05) is 11.9 Å². The van der Waals surface area contributed by atoms with Crippen molar-refractivity contribution in [2.45, 2.75) is 18.8 Å². The lowest BCUT2D eigenvalue weighted by Crippen LogP contribution is -2.31. The Bertz CT molecular complexity index is 1480. The zero-order valence-electron chi connectivity index (χ0n) is 21.0. The molecular formula is C27H20F6N2O3S3. The lowest BCUT2D eigenvalue weighted by Gasteiger charge is -2.21. The second kappa shape index (κ2) is 11.9. The Labute approximate surface area is 244 Å². The van der Waals surface area contributed by atoms with Gasteiger partial charge in [-0.15, -0.1) is 11.3 Å². The number of thiocarbonyl (C=S) groups is 1. The highest BCUT2D eigenvalue weighted by Gasteiger charge is 2.37. The van der Waals surface area contributed by atoms with Crippen LogP contribution >= 0.6 is 35.3 Å². The average molecular weight is 631 g/mol. The molecule has 1 fully saturated rings. The first-order valence-electron chi connectivity index (χ1n) is 11.8. The van der Waals surface area contributed by atoms with Crippen molar-refractivity contribution in [2.75, 3.05) is 25.0 Å². The maximum Gasteiger partial charge on any atom is 0.416 e. The molecule has 2 heterocycles. The quantitative estimate of drug-likeness (QED) is 0.155. The van der Waals surface area contributed by atoms with Gasteiger partial charge in [0.1, 0.15) is 4.32 Å². The topological polar surface area (TPSA) is 60.9 Å². The first kappa shape index (κ1) is 30.6. The number of thiophene rings is 1. The summed E-state index contributed by atoms with van der Waals surface area (Å²) in [5.41, 5.74) is -1.91. The minimum Gasteiger partial charge on any atom is -0.478 e. The van der Waals surface area contributed by atoms with E-state index in [1.54, 1.807) is 12.1 Å². The van der Waals surface area contributed by atoms with Crippen LogP contribution in [0.1, 0.15) is 32.8 Å². The van der Waals surface area contributed by atoms with Gasteiger partial charge in [0.2, 0.25) is 0 Å². The number of rotatable bonds is 8. The van der Waals surface area contributed by atoms with Crippen molar-refractivity contribution >= 4 is 63.3 Å². The fraction of sp³-hybridized carbons (Fsp3) is 0.222. The Morgan fingerprint density at radius 2 is 1.61 bits per heavy atom. The van der Waals surface area contributed by atoms with Gasteiger partial charge >= 0.3 is 18.3 Å². The Hall–Kier alpha value is -3.36. The molecule has 0 spiro atoms. The summed E-state index contributed by atoms with van der Waals surface area (Å²) in [6.45, 7) is 0.868. The number of anilines is 1. The van der Waals surface area contributed by atoms with Gasteiger partial charge in [-0.3, -0.25) is 9.69 Å². The van der Waals surface area contributed by atoms with Crippen LogP contribution in [0, 0.1) is 0 Å². The molecular weight excluding hydrogens is 610 g/mol. The molecule has 1 N–H and O–H groups in total. The summed E-state index contributed by atoms with van der Waals surface area (Å²) in [6, 6.07) is 9.20. The molecule has 1 aromatic heterocycles. The molecule has 4 rings (SSSR count). The largest absolute Gasteiger partial charge is 0.478 e. The number of carbonyl (C=O) groups excluding carboxylic acids is 1. The molecule has 1 amide bonds. The van der Waals surface area contributed by atoms with Crippen LogP contribution in [0.2, 0.25) is 0 Å². The number of carbonyl (C=O) groups is 2. The van der Waals surface area contributed by atoms with Crippen molar-refractivity contribution in [1.29, 1.82) is 0 Å². The Morgan fingerprint density at radius 1 is 1.00 bits per heavy atom. The second-order valence-corrected chi connectivity index (χ2v) is 11.6. The van der Waals surface area contributed by atoms with Gasteiger partial charge in [0.15, 0.2) is 0 Å². The molecule has 1 saturated heterocycles. The minimum atomic E-state index is -4.96. The predicted molar refractivity (Wildman–Crippen MR) is 151 cm³/mol. The van der Waals surface area contributed by atoms with Gasteiger partial charge in [-0.25, -0.2) is 4.79 Å². The molecule has 0 radical (unpaired) electrons. The lowest BCUT2D eigenvalue weighted by atomic mass is 10.0. The second-order valence-electron chi connectivity index (χ2n) is 8.99. The van der Waals surface area contributed by atoms with Crippen molar-refractivity contribution in [3.63, 3.8) is 0 Å². The number of thioether (sulfide) groups is 1. The molecule has 0 saturated carbocycles. The van der Waals surface area contributed by atoms with Crippen LogP contribution in [0.5, 0.6) is 0 Å². The van der Waals surface area contributed by atoms with Gasteiger partial charge in [0.25, 0.3) is 5.91 Å². The molecule has 0 bridgehead atoms. The van der Waals surface area contributed by atoms with Crippen LogP contribution in [-0.4, -0.2) is 46.3 Å². The zero-order chi connectivity index (χ0) is 30.1. The minimum absolute atomic E-state index is 0.0783. The molecule has 14 heteroatoms. The number of hydrogen-bond acceptors (Lipinski definition) is 6. The number of benzene rings is 2. The van der Waals surface area contributed by atoms with Crippen molar-refractivity contribution < 1.29 is 41.0 Å². The number of amides is 1. The van der Waals surface area contributed by atoms with E-state index < -0.39 is 29.4 Å². The Balaban J connectivity index is 1.44. The van der Waals surface area contributed by atoms with E-state index in [2.05, 4.69) is 0 Å². The molecule has 216 valence electrons. The van der Waals surface area contributed by atoms with Crippen LogP contribution < -0.4 is 4.90 Å². The third kappa shape index (κ3) is 7.29. The highest BCUT2D eigenvalue weighted by atomic mass is 32.2. The van der Waals surface area contributed by atoms with E-state index in [0.717, 1.165) is 28.8 Å². The van der Waals surface area contributed by atoms with E-state index >= 15 is 0 Å². The number of halogens is 6. The normalized spacial score (nSPS) is 15.2. The maximum atomic E-state index is 13.3. The number of aromatic carboxylic acids is 1. The first-order chi connectivity index (χ1) is 19.1. The fourth-order valence-corrected chi connectivity index (χ4v) is 6.20. The summed E-state index contributed by atoms with van der Waals surface area (Å²) >= 11 is 7.49. The van der Waals surface area contributed by atoms with Crippen molar-refractivity contribution in [3.8, 4) is 11.1 Å². The maximum absolute atomic E-state index is 13.3. The van der Waals surface area contributed by atoms with Gasteiger partial charge in [-0.05, 0) is 77.5 Å². The van der Waals surface area contributed by atoms with Gasteiger partial charge < -0.3 is 10.0 Å². The van der Waals surface area contributed by atoms with E-state index in [0.29, 0.717) is 45.7 Å². The molecule has 41 heavy (non-hydrogen) atoms. The Kier molecular flexibility index (Phi) is 8.85. The van der Waals surface area contributed by atoms with Crippen LogP contribution in [0.3, 0.4) is 0 Å². The van der Waals surface area contributed by atoms with Crippen molar-refractivity contribution in [3.05, 3.63) is 80.4 Å². The van der Waals surface area contributed by atoms with Crippen LogP contribution in [0.25, 0.3) is 17.2 Å². The monoisotopic (exact) mass is 630 g/mol. The fourth-order valence-electron chi connectivity index (χ4n) is 3.98. The Morgan fingerprint density at radius 3 is 2.17 bits per heavy atom. The van der Waals surface area contributed by atoms with Gasteiger partial charge in [0, 0.05) is 30.7 Å². The van der Waals surface area contributed by atoms with E-state index in [1.165, 1.54) is 34.6 Å². The number of carboxylic acid groups (broad SMARTS) is 1. The van der Waals surface area contributed by atoms with E-state index in [9.17, 15) is 35.9 Å². The van der Waals surface area contributed by atoms with Crippen molar-refractivity contribution in [1.82, 2.24) is 4.90 Å². The third-order valence-corrected chi connectivity index (χ3v) is 8.38. The molecule has 2 aromatic carbocycles. The summed E-state index contributed by atoms with van der Waals surface area (Å²) in [5, 5.41) is 10.5. The standard InChI is InChI=1S/C27H20F6N2O3S3/c1-34(20-5-3-15(4-6-20)24(37)38)7-2-8-35-23(36)22(41-25(35)39)13-21-11-17(14-40-21)16-9-18(26(28,29)30)12-19(10-16)27(31,32)33/h3-6,9-14H,2,7-8H2,1H3,(H,37,38). The molecule has 0 aliphatic carbocycles. The third-order valence-electron chi connectivity index (χ3n) is 6.12. The summed E-state index contributed by atoms with van der Waals surface area (Å²) in [6.07, 6.45) is -7.84. The number of hydrogen-bond donors (Lipinski definition) is 1. The molecule has 0 unspecified atom stereocenters. The van der Waals surface area contributed by atoms with Crippen molar-refractivity contribution in [2.24, 2.45) is 0 Å². The highest BCUT2D eigenvalue weighted by Crippen LogP contribution is 2.40. The van der Waals surface area contributed by atoms with E-state index in [4.69, 9.17) is 17.3 Å². The highest BCUT2D eigenvalue weighted by molar-refractivity contribution is 8.26. The SMILES string of the molecule is CN(CCCN1C(=O)C(=Cc2cc(-c3cc(C(F)(F)F)cc(C(F)(F)F)c3)cs2)SC1=S)c1ccc(C(=O)O)cc1. The average Bonchev–Trinajstić information content (AvgIpc) is 3.47. The smallest absolute Gasteiger partial charge is 0.416 e.